The summed E-state index contributed by atoms with van der Waals surface area (Å²) in [5.41, 5.74) is 13.2. The first-order chi connectivity index (χ1) is 9.56. The van der Waals surface area contributed by atoms with E-state index in [0.29, 0.717) is 27.8 Å². The highest BCUT2D eigenvalue weighted by molar-refractivity contribution is 7.79. The predicted molar refractivity (Wildman–Crippen MR) is 81.7 cm³/mol. The highest BCUT2D eigenvalue weighted by atomic mass is 32.1. The summed E-state index contributed by atoms with van der Waals surface area (Å²) in [6.07, 6.45) is 0. The van der Waals surface area contributed by atoms with E-state index in [1.165, 1.54) is 5.37 Å². The molecule has 4 N–H and O–H groups in total. The van der Waals surface area contributed by atoms with Gasteiger partial charge in [0.15, 0.2) is 0 Å². The van der Waals surface area contributed by atoms with E-state index in [9.17, 15) is 9.59 Å². The van der Waals surface area contributed by atoms with Crippen molar-refractivity contribution in [2.75, 3.05) is 0 Å². The molecule has 2 aromatic carbocycles. The first-order valence-corrected chi connectivity index (χ1v) is 6.30. The number of amides is 2. The van der Waals surface area contributed by atoms with E-state index in [2.05, 4.69) is 0 Å². The Morgan fingerprint density at radius 1 is 0.850 bits per heavy atom. The number of carbonyl (C=O) groups is 2. The third kappa shape index (κ3) is 2.44. The molecule has 2 rings (SSSR count). The molecule has 0 spiro atoms. The molecular weight excluding hydrogens is 272 g/mol. The zero-order chi connectivity index (χ0) is 14.7. The molecule has 0 aliphatic carbocycles. The molecular formula is C15H12N2O2S. The van der Waals surface area contributed by atoms with Gasteiger partial charge in [-0.15, -0.1) is 0 Å². The molecule has 0 aromatic heterocycles. The molecule has 2 aromatic rings. The maximum atomic E-state index is 11.5. The summed E-state index contributed by atoms with van der Waals surface area (Å²) in [6.45, 7) is 0. The molecule has 0 radical (unpaired) electrons. The van der Waals surface area contributed by atoms with Gasteiger partial charge >= 0.3 is 0 Å². The van der Waals surface area contributed by atoms with Gasteiger partial charge in [0, 0.05) is 22.1 Å². The maximum absolute atomic E-state index is 11.5. The van der Waals surface area contributed by atoms with Gasteiger partial charge in [0.2, 0.25) is 11.8 Å². The second kappa shape index (κ2) is 5.63. The zero-order valence-corrected chi connectivity index (χ0v) is 11.3. The fraction of sp³-hybridized carbons (Fsp3) is 0. The number of hydrogen-bond donors (Lipinski definition) is 2. The van der Waals surface area contributed by atoms with Crippen LogP contribution in [0.25, 0.3) is 11.1 Å². The lowest BCUT2D eigenvalue weighted by Crippen LogP contribution is -2.15. The van der Waals surface area contributed by atoms with Gasteiger partial charge in [-0.25, -0.2) is 0 Å². The number of hydrogen-bond acceptors (Lipinski definition) is 3. The summed E-state index contributed by atoms with van der Waals surface area (Å²) < 4.78 is 0. The fourth-order valence-corrected chi connectivity index (χ4v) is 2.33. The fourth-order valence-electron chi connectivity index (χ4n) is 2.07. The Kier molecular flexibility index (Phi) is 3.91. The molecule has 0 fully saturated rings. The Morgan fingerprint density at radius 2 is 1.40 bits per heavy atom. The minimum atomic E-state index is -0.570. The van der Waals surface area contributed by atoms with E-state index in [4.69, 9.17) is 23.7 Å². The van der Waals surface area contributed by atoms with E-state index in [1.807, 2.05) is 0 Å². The van der Waals surface area contributed by atoms with Crippen LogP contribution < -0.4 is 11.5 Å². The molecule has 20 heavy (non-hydrogen) atoms. The number of rotatable bonds is 4. The van der Waals surface area contributed by atoms with Gasteiger partial charge in [-0.3, -0.25) is 9.59 Å². The normalized spacial score (nSPS) is 10.0. The molecule has 0 saturated carbocycles. The molecule has 0 atom stereocenters. The van der Waals surface area contributed by atoms with Crippen LogP contribution in [0.4, 0.5) is 0 Å². The molecule has 0 bridgehead atoms. The Morgan fingerprint density at radius 3 is 2.00 bits per heavy atom. The van der Waals surface area contributed by atoms with E-state index < -0.39 is 11.8 Å². The average Bonchev–Trinajstić information content (AvgIpc) is 2.46. The van der Waals surface area contributed by atoms with Crippen molar-refractivity contribution in [3.8, 4) is 11.1 Å². The molecule has 2 amide bonds. The van der Waals surface area contributed by atoms with Crippen LogP contribution in [0, 0.1) is 0 Å². The minimum Gasteiger partial charge on any atom is -0.366 e. The van der Waals surface area contributed by atoms with Gasteiger partial charge in [0.05, 0.1) is 0 Å². The second-order valence-corrected chi connectivity index (χ2v) is 4.39. The van der Waals surface area contributed by atoms with Gasteiger partial charge in [-0.05, 0) is 23.3 Å². The van der Waals surface area contributed by atoms with Crippen LogP contribution in [0.2, 0.25) is 0 Å². The first kappa shape index (κ1) is 13.9. The van der Waals surface area contributed by atoms with Crippen LogP contribution in [-0.2, 0) is 0 Å². The van der Waals surface area contributed by atoms with Gasteiger partial charge in [-0.1, -0.05) is 42.5 Å². The summed E-state index contributed by atoms with van der Waals surface area (Å²) in [4.78, 5) is 23.0. The quantitative estimate of drug-likeness (QED) is 0.841. The highest BCUT2D eigenvalue weighted by Gasteiger charge is 2.15. The number of benzene rings is 2. The Labute approximate surface area is 121 Å². The van der Waals surface area contributed by atoms with Gasteiger partial charge in [-0.2, -0.15) is 0 Å². The van der Waals surface area contributed by atoms with E-state index in [-0.39, 0.29) is 0 Å². The standard InChI is InChI=1S/C15H12N2O2S/c16-14(18)11-5-2-1-4-9(11)10-6-3-7-12(15(17)19)13(10)8-20/h1-8H,(H2,16,18)(H2,17,19). The summed E-state index contributed by atoms with van der Waals surface area (Å²) >= 11 is 4.97. The molecule has 0 aliphatic heterocycles. The Balaban J connectivity index is 2.77. The Bertz CT molecular complexity index is 711. The molecule has 4 nitrogen and oxygen atoms in total. The number of nitrogens with two attached hydrogens (primary N) is 2. The predicted octanol–water partition coefficient (Wildman–Crippen LogP) is 1.90. The largest absolute Gasteiger partial charge is 0.366 e. The van der Waals surface area contributed by atoms with Crippen LogP contribution in [0.15, 0.2) is 42.5 Å². The van der Waals surface area contributed by atoms with E-state index >= 15 is 0 Å². The lowest BCUT2D eigenvalue weighted by molar-refractivity contribution is 0.0992. The van der Waals surface area contributed by atoms with Crippen LogP contribution in [0.3, 0.4) is 0 Å². The second-order valence-electron chi connectivity index (χ2n) is 4.16. The van der Waals surface area contributed by atoms with Crippen molar-refractivity contribution in [2.24, 2.45) is 11.5 Å². The van der Waals surface area contributed by atoms with E-state index in [0.717, 1.165) is 0 Å². The summed E-state index contributed by atoms with van der Waals surface area (Å²) in [6, 6.07) is 11.9. The van der Waals surface area contributed by atoms with Crippen molar-refractivity contribution in [3.63, 3.8) is 0 Å². The van der Waals surface area contributed by atoms with Gasteiger partial charge < -0.3 is 11.5 Å². The van der Waals surface area contributed by atoms with Crippen LogP contribution in [0.1, 0.15) is 26.3 Å². The monoisotopic (exact) mass is 284 g/mol. The van der Waals surface area contributed by atoms with Crippen molar-refractivity contribution < 1.29 is 9.59 Å². The lowest BCUT2D eigenvalue weighted by atomic mass is 9.93. The van der Waals surface area contributed by atoms with Crippen molar-refractivity contribution in [3.05, 3.63) is 59.2 Å². The molecule has 0 unspecified atom stereocenters. The third-order valence-corrected chi connectivity index (χ3v) is 3.21. The van der Waals surface area contributed by atoms with Crippen molar-refractivity contribution in [1.29, 1.82) is 0 Å². The molecule has 0 saturated heterocycles. The molecule has 100 valence electrons. The SMILES string of the molecule is NC(=O)c1ccccc1-c1cccc(C(N)=O)c1C=S. The van der Waals surface area contributed by atoms with Crippen molar-refractivity contribution in [2.45, 2.75) is 0 Å². The maximum Gasteiger partial charge on any atom is 0.249 e. The lowest BCUT2D eigenvalue weighted by Gasteiger charge is -2.12. The summed E-state index contributed by atoms with van der Waals surface area (Å²) in [7, 11) is 0. The summed E-state index contributed by atoms with van der Waals surface area (Å²) in [5.74, 6) is -1.11. The highest BCUT2D eigenvalue weighted by Crippen LogP contribution is 2.28. The van der Waals surface area contributed by atoms with Crippen molar-refractivity contribution in [1.82, 2.24) is 0 Å². The topological polar surface area (TPSA) is 86.2 Å². The van der Waals surface area contributed by atoms with Gasteiger partial charge in [0.25, 0.3) is 0 Å². The van der Waals surface area contributed by atoms with Crippen LogP contribution >= 0.6 is 12.2 Å². The number of thiocarbonyl (C=S) groups is 1. The smallest absolute Gasteiger partial charge is 0.249 e. The van der Waals surface area contributed by atoms with E-state index in [1.54, 1.807) is 42.5 Å². The third-order valence-electron chi connectivity index (χ3n) is 2.97. The summed E-state index contributed by atoms with van der Waals surface area (Å²) in [5, 5.41) is 1.38. The Hall–Kier alpha value is -2.53. The molecule has 0 heterocycles. The van der Waals surface area contributed by atoms with Crippen LogP contribution in [0.5, 0.6) is 0 Å². The number of carbonyl (C=O) groups excluding carboxylic acids is 2. The van der Waals surface area contributed by atoms with Crippen LogP contribution in [-0.4, -0.2) is 17.2 Å². The average molecular weight is 284 g/mol. The molecule has 5 heteroatoms. The number of primary amides is 2. The minimum absolute atomic E-state index is 0.316. The molecule has 0 aliphatic rings. The first-order valence-electron chi connectivity index (χ1n) is 5.83. The van der Waals surface area contributed by atoms with Gasteiger partial charge in [0.1, 0.15) is 0 Å². The van der Waals surface area contributed by atoms with Crippen molar-refractivity contribution >= 4 is 29.4 Å². The zero-order valence-electron chi connectivity index (χ0n) is 10.5.